The Bertz CT molecular complexity index is 446. The number of amides is 1. The number of H-pyrrole nitrogens is 1. The first kappa shape index (κ1) is 11.8. The zero-order chi connectivity index (χ0) is 12.4. The van der Waals surface area contributed by atoms with Crippen molar-refractivity contribution in [3.05, 3.63) is 28.2 Å². The number of carbonyl (C=O) groups is 1. The molecule has 1 fully saturated rings. The van der Waals surface area contributed by atoms with E-state index in [0.29, 0.717) is 12.5 Å². The van der Waals surface area contributed by atoms with E-state index in [2.05, 4.69) is 10.2 Å². The van der Waals surface area contributed by atoms with E-state index in [0.717, 1.165) is 12.8 Å². The number of likely N-dealkylation sites (N-methyl/N-ethyl adjacent to an activating group) is 1. The SMILES string of the molecule is CN(C(=O)c1ccc(=O)[nH]n1)C(CN)C1CC1. The van der Waals surface area contributed by atoms with Gasteiger partial charge in [0.2, 0.25) is 0 Å². The van der Waals surface area contributed by atoms with Crippen LogP contribution in [0.2, 0.25) is 0 Å². The lowest BCUT2D eigenvalue weighted by Gasteiger charge is -2.26. The maximum atomic E-state index is 12.1. The van der Waals surface area contributed by atoms with E-state index < -0.39 is 0 Å². The number of hydrogen-bond acceptors (Lipinski definition) is 4. The van der Waals surface area contributed by atoms with Gasteiger partial charge in [-0.3, -0.25) is 9.59 Å². The minimum absolute atomic E-state index is 0.0660. The maximum Gasteiger partial charge on any atom is 0.274 e. The molecule has 1 aromatic heterocycles. The predicted octanol–water partition coefficient (Wildman–Crippen LogP) is -0.421. The van der Waals surface area contributed by atoms with Gasteiger partial charge in [-0.25, -0.2) is 5.10 Å². The molecule has 0 saturated heterocycles. The first-order valence-electron chi connectivity index (χ1n) is 5.66. The molecule has 2 rings (SSSR count). The van der Waals surface area contributed by atoms with Crippen LogP contribution in [-0.4, -0.2) is 40.6 Å². The van der Waals surface area contributed by atoms with Gasteiger partial charge in [-0.2, -0.15) is 5.10 Å². The number of carbonyl (C=O) groups excluding carboxylic acids is 1. The summed E-state index contributed by atoms with van der Waals surface area (Å²) < 4.78 is 0. The summed E-state index contributed by atoms with van der Waals surface area (Å²) in [5.74, 6) is 0.306. The van der Waals surface area contributed by atoms with E-state index in [1.165, 1.54) is 12.1 Å². The molecule has 3 N–H and O–H groups in total. The summed E-state index contributed by atoms with van der Waals surface area (Å²) in [6.45, 7) is 0.455. The van der Waals surface area contributed by atoms with E-state index in [4.69, 9.17) is 5.73 Å². The van der Waals surface area contributed by atoms with Crippen LogP contribution in [0.3, 0.4) is 0 Å². The van der Waals surface area contributed by atoms with Gasteiger partial charge in [0.1, 0.15) is 5.69 Å². The summed E-state index contributed by atoms with van der Waals surface area (Å²) in [7, 11) is 1.73. The molecule has 17 heavy (non-hydrogen) atoms. The van der Waals surface area contributed by atoms with Gasteiger partial charge >= 0.3 is 0 Å². The van der Waals surface area contributed by atoms with Crippen LogP contribution in [-0.2, 0) is 0 Å². The Morgan fingerprint density at radius 3 is 2.82 bits per heavy atom. The zero-order valence-electron chi connectivity index (χ0n) is 9.72. The molecule has 1 saturated carbocycles. The molecule has 6 nitrogen and oxygen atoms in total. The van der Waals surface area contributed by atoms with Crippen LogP contribution in [0, 0.1) is 5.92 Å². The summed E-state index contributed by atoms with van der Waals surface area (Å²) >= 11 is 0. The number of hydrogen-bond donors (Lipinski definition) is 2. The number of aromatic amines is 1. The molecule has 1 heterocycles. The summed E-state index contributed by atoms with van der Waals surface area (Å²) in [6.07, 6.45) is 2.25. The molecule has 0 aromatic carbocycles. The van der Waals surface area contributed by atoms with Crippen molar-refractivity contribution in [2.75, 3.05) is 13.6 Å². The van der Waals surface area contributed by atoms with Gasteiger partial charge in [0.15, 0.2) is 0 Å². The molecule has 1 aromatic rings. The number of nitrogens with one attached hydrogen (secondary N) is 1. The third kappa shape index (κ3) is 2.52. The summed E-state index contributed by atoms with van der Waals surface area (Å²) in [5, 5.41) is 5.98. The van der Waals surface area contributed by atoms with Crippen molar-refractivity contribution in [2.24, 2.45) is 11.7 Å². The number of aromatic nitrogens is 2. The normalized spacial score (nSPS) is 16.6. The highest BCUT2D eigenvalue weighted by atomic mass is 16.2. The molecule has 0 spiro atoms. The van der Waals surface area contributed by atoms with E-state index in [-0.39, 0.29) is 23.2 Å². The molecule has 0 aliphatic heterocycles. The van der Waals surface area contributed by atoms with Crippen LogP contribution in [0.4, 0.5) is 0 Å². The molecule has 92 valence electrons. The van der Waals surface area contributed by atoms with Gasteiger partial charge in [-0.05, 0) is 24.8 Å². The molecule has 1 aliphatic carbocycles. The standard InChI is InChI=1S/C11H16N4O2/c1-15(9(6-12)7-2-3-7)11(17)8-4-5-10(16)14-13-8/h4-5,7,9H,2-3,6,12H2,1H3,(H,14,16). The van der Waals surface area contributed by atoms with E-state index in [9.17, 15) is 9.59 Å². The Morgan fingerprint density at radius 1 is 1.65 bits per heavy atom. The highest BCUT2D eigenvalue weighted by Crippen LogP contribution is 2.34. The van der Waals surface area contributed by atoms with Crippen molar-refractivity contribution in [1.82, 2.24) is 15.1 Å². The quantitative estimate of drug-likeness (QED) is 0.742. The molecule has 0 radical (unpaired) electrons. The first-order chi connectivity index (χ1) is 8.13. The molecule has 0 bridgehead atoms. The molecule has 6 heteroatoms. The van der Waals surface area contributed by atoms with Crippen molar-refractivity contribution in [1.29, 1.82) is 0 Å². The number of nitrogens with zero attached hydrogens (tertiary/aromatic N) is 2. The largest absolute Gasteiger partial charge is 0.336 e. The third-order valence-corrected chi connectivity index (χ3v) is 3.12. The fourth-order valence-electron chi connectivity index (χ4n) is 1.94. The molecular formula is C11H16N4O2. The van der Waals surface area contributed by atoms with E-state index >= 15 is 0 Å². The second kappa shape index (κ2) is 4.67. The van der Waals surface area contributed by atoms with Gasteiger partial charge in [0.25, 0.3) is 11.5 Å². The highest BCUT2D eigenvalue weighted by Gasteiger charge is 2.35. The lowest BCUT2D eigenvalue weighted by Crippen LogP contribution is -2.43. The van der Waals surface area contributed by atoms with Gasteiger partial charge in [-0.1, -0.05) is 0 Å². The topological polar surface area (TPSA) is 92.1 Å². The molecular weight excluding hydrogens is 220 g/mol. The summed E-state index contributed by atoms with van der Waals surface area (Å²) in [6, 6.07) is 2.79. The van der Waals surface area contributed by atoms with Crippen LogP contribution in [0.25, 0.3) is 0 Å². The average molecular weight is 236 g/mol. The van der Waals surface area contributed by atoms with Crippen molar-refractivity contribution in [3.8, 4) is 0 Å². The minimum Gasteiger partial charge on any atom is -0.336 e. The Kier molecular flexibility index (Phi) is 3.23. The lowest BCUT2D eigenvalue weighted by molar-refractivity contribution is 0.0711. The molecule has 1 atom stereocenters. The molecule has 1 unspecified atom stereocenters. The van der Waals surface area contributed by atoms with Crippen molar-refractivity contribution < 1.29 is 4.79 Å². The van der Waals surface area contributed by atoms with Crippen LogP contribution in [0.5, 0.6) is 0 Å². The third-order valence-electron chi connectivity index (χ3n) is 3.12. The van der Waals surface area contributed by atoms with Gasteiger partial charge in [0, 0.05) is 25.7 Å². The van der Waals surface area contributed by atoms with E-state index in [1.54, 1.807) is 11.9 Å². The minimum atomic E-state index is -0.318. The Hall–Kier alpha value is -1.69. The van der Waals surface area contributed by atoms with E-state index in [1.807, 2.05) is 0 Å². The van der Waals surface area contributed by atoms with Gasteiger partial charge < -0.3 is 10.6 Å². The van der Waals surface area contributed by atoms with Crippen LogP contribution >= 0.6 is 0 Å². The lowest BCUT2D eigenvalue weighted by atomic mass is 10.1. The van der Waals surface area contributed by atoms with Crippen LogP contribution in [0.15, 0.2) is 16.9 Å². The average Bonchev–Trinajstić information content (AvgIpc) is 3.14. The summed E-state index contributed by atoms with van der Waals surface area (Å²) in [4.78, 5) is 24.6. The Labute approximate surface area is 98.8 Å². The zero-order valence-corrected chi connectivity index (χ0v) is 9.72. The Balaban J connectivity index is 2.13. The van der Waals surface area contributed by atoms with Gasteiger partial charge in [-0.15, -0.1) is 0 Å². The van der Waals surface area contributed by atoms with Crippen molar-refractivity contribution >= 4 is 5.91 Å². The molecule has 1 amide bonds. The van der Waals surface area contributed by atoms with Crippen molar-refractivity contribution in [3.63, 3.8) is 0 Å². The maximum absolute atomic E-state index is 12.1. The smallest absolute Gasteiger partial charge is 0.274 e. The van der Waals surface area contributed by atoms with Gasteiger partial charge in [0.05, 0.1) is 0 Å². The monoisotopic (exact) mass is 236 g/mol. The van der Waals surface area contributed by atoms with Crippen LogP contribution in [0.1, 0.15) is 23.3 Å². The molecule has 1 aliphatic rings. The second-order valence-corrected chi connectivity index (χ2v) is 4.36. The number of rotatable bonds is 4. The fraction of sp³-hybridized carbons (Fsp3) is 0.545. The first-order valence-corrected chi connectivity index (χ1v) is 5.66. The second-order valence-electron chi connectivity index (χ2n) is 4.36. The van der Waals surface area contributed by atoms with Crippen molar-refractivity contribution in [2.45, 2.75) is 18.9 Å². The summed E-state index contributed by atoms with van der Waals surface area (Å²) in [5.41, 5.74) is 5.61. The Morgan fingerprint density at radius 2 is 2.35 bits per heavy atom. The number of nitrogens with two attached hydrogens (primary N) is 1. The predicted molar refractivity (Wildman–Crippen MR) is 62.5 cm³/mol. The fourth-order valence-corrected chi connectivity index (χ4v) is 1.94. The highest BCUT2D eigenvalue weighted by molar-refractivity contribution is 5.92. The van der Waals surface area contributed by atoms with Crippen LogP contribution < -0.4 is 11.3 Å².